The van der Waals surface area contributed by atoms with E-state index in [0.29, 0.717) is 31.7 Å². The van der Waals surface area contributed by atoms with E-state index in [1.807, 2.05) is 38.1 Å². The van der Waals surface area contributed by atoms with Crippen molar-refractivity contribution in [2.24, 2.45) is 0 Å². The summed E-state index contributed by atoms with van der Waals surface area (Å²) in [5.41, 5.74) is 1.03. The second kappa shape index (κ2) is 7.64. The molecule has 0 atom stereocenters. The van der Waals surface area contributed by atoms with Gasteiger partial charge >= 0.3 is 6.01 Å². The van der Waals surface area contributed by atoms with Crippen LogP contribution < -0.4 is 10.1 Å². The topological polar surface area (TPSA) is 69.4 Å². The Balaban J connectivity index is 1.95. The molecule has 1 heterocycles. The number of para-hydroxylation sites is 1. The highest BCUT2D eigenvalue weighted by atomic mass is 16.5. The van der Waals surface area contributed by atoms with Crippen LogP contribution in [0.1, 0.15) is 31.2 Å². The lowest BCUT2D eigenvalue weighted by molar-refractivity contribution is 0.146. The van der Waals surface area contributed by atoms with E-state index in [-0.39, 0.29) is 5.92 Å². The molecular formula is C15H21N3O3. The van der Waals surface area contributed by atoms with Crippen LogP contribution >= 0.6 is 0 Å². The van der Waals surface area contributed by atoms with Gasteiger partial charge in [0.15, 0.2) is 0 Å². The molecule has 0 radical (unpaired) electrons. The lowest BCUT2D eigenvalue weighted by Gasteiger charge is -2.11. The van der Waals surface area contributed by atoms with Gasteiger partial charge in [0.2, 0.25) is 5.89 Å². The molecule has 0 saturated heterocycles. The fourth-order valence-corrected chi connectivity index (χ4v) is 1.74. The molecule has 6 nitrogen and oxygen atoms in total. The Morgan fingerprint density at radius 3 is 2.71 bits per heavy atom. The monoisotopic (exact) mass is 291 g/mol. The summed E-state index contributed by atoms with van der Waals surface area (Å²) in [5, 5.41) is 11.1. The number of nitrogens with one attached hydrogen (secondary N) is 1. The van der Waals surface area contributed by atoms with Gasteiger partial charge in [0.25, 0.3) is 0 Å². The van der Waals surface area contributed by atoms with E-state index in [1.54, 1.807) is 7.11 Å². The third-order valence-corrected chi connectivity index (χ3v) is 2.88. The number of hydrogen-bond acceptors (Lipinski definition) is 6. The molecule has 0 aliphatic carbocycles. The Labute approximate surface area is 124 Å². The number of anilines is 1. The van der Waals surface area contributed by atoms with Crippen LogP contribution in [0.25, 0.3) is 0 Å². The zero-order valence-electron chi connectivity index (χ0n) is 12.6. The molecule has 2 rings (SSSR count). The van der Waals surface area contributed by atoms with Crippen LogP contribution in [-0.2, 0) is 11.3 Å². The average molecular weight is 291 g/mol. The zero-order valence-corrected chi connectivity index (χ0v) is 12.6. The predicted octanol–water partition coefficient (Wildman–Crippen LogP) is 2.83. The maximum Gasteiger partial charge on any atom is 0.315 e. The Kier molecular flexibility index (Phi) is 5.57. The quantitative estimate of drug-likeness (QED) is 0.754. The van der Waals surface area contributed by atoms with E-state index < -0.39 is 0 Å². The summed E-state index contributed by atoms with van der Waals surface area (Å²) in [5.74, 6) is 1.67. The van der Waals surface area contributed by atoms with Gasteiger partial charge < -0.3 is 19.2 Å². The molecule has 0 unspecified atom stereocenters. The first-order valence-corrected chi connectivity index (χ1v) is 6.97. The number of methoxy groups -OCH3 is 1. The van der Waals surface area contributed by atoms with Crippen LogP contribution in [0.2, 0.25) is 0 Å². The molecule has 0 aliphatic rings. The summed E-state index contributed by atoms with van der Waals surface area (Å²) in [6.07, 6.45) is 0. The summed E-state index contributed by atoms with van der Waals surface area (Å²) in [6, 6.07) is 8.25. The molecule has 1 aromatic heterocycles. The Morgan fingerprint density at radius 1 is 1.19 bits per heavy atom. The first kappa shape index (κ1) is 15.3. The summed E-state index contributed by atoms with van der Waals surface area (Å²) < 4.78 is 16.2. The SMILES string of the molecule is COCCOc1ccccc1CNc1nnc(C(C)C)o1. The lowest BCUT2D eigenvalue weighted by Crippen LogP contribution is -2.07. The van der Waals surface area contributed by atoms with Crippen molar-refractivity contribution in [1.29, 1.82) is 0 Å². The minimum absolute atomic E-state index is 0.220. The Morgan fingerprint density at radius 2 is 2.00 bits per heavy atom. The van der Waals surface area contributed by atoms with E-state index in [2.05, 4.69) is 15.5 Å². The van der Waals surface area contributed by atoms with E-state index >= 15 is 0 Å². The van der Waals surface area contributed by atoms with Crippen molar-refractivity contribution in [2.45, 2.75) is 26.3 Å². The summed E-state index contributed by atoms with van der Waals surface area (Å²) in [6.45, 7) is 5.66. The van der Waals surface area contributed by atoms with E-state index in [0.717, 1.165) is 11.3 Å². The maximum absolute atomic E-state index is 5.68. The van der Waals surface area contributed by atoms with E-state index in [1.165, 1.54) is 0 Å². The fourth-order valence-electron chi connectivity index (χ4n) is 1.74. The molecule has 114 valence electrons. The Hall–Kier alpha value is -2.08. The van der Waals surface area contributed by atoms with Gasteiger partial charge in [0.05, 0.1) is 6.61 Å². The third kappa shape index (κ3) is 4.46. The molecule has 1 N–H and O–H groups in total. The molecule has 0 aliphatic heterocycles. The van der Waals surface area contributed by atoms with Crippen molar-refractivity contribution in [3.05, 3.63) is 35.7 Å². The van der Waals surface area contributed by atoms with Gasteiger partial charge in [-0.15, -0.1) is 5.10 Å². The maximum atomic E-state index is 5.68. The molecular weight excluding hydrogens is 270 g/mol. The second-order valence-corrected chi connectivity index (χ2v) is 4.90. The van der Waals surface area contributed by atoms with Crippen molar-refractivity contribution < 1.29 is 13.9 Å². The van der Waals surface area contributed by atoms with E-state index in [9.17, 15) is 0 Å². The lowest BCUT2D eigenvalue weighted by atomic mass is 10.2. The fraction of sp³-hybridized carbons (Fsp3) is 0.467. The zero-order chi connectivity index (χ0) is 15.1. The minimum Gasteiger partial charge on any atom is -0.491 e. The van der Waals surface area contributed by atoms with Crippen molar-refractivity contribution in [3.63, 3.8) is 0 Å². The second-order valence-electron chi connectivity index (χ2n) is 4.90. The molecule has 6 heteroatoms. The van der Waals surface area contributed by atoms with Crippen LogP contribution in [0.3, 0.4) is 0 Å². The standard InChI is InChI=1S/C15H21N3O3/c1-11(2)14-17-18-15(21-14)16-10-12-6-4-5-7-13(12)20-9-8-19-3/h4-7,11H,8-10H2,1-3H3,(H,16,18). The third-order valence-electron chi connectivity index (χ3n) is 2.88. The smallest absolute Gasteiger partial charge is 0.315 e. The molecule has 0 fully saturated rings. The van der Waals surface area contributed by atoms with Crippen molar-refractivity contribution in [1.82, 2.24) is 10.2 Å². The first-order chi connectivity index (χ1) is 10.2. The molecule has 2 aromatic rings. The van der Waals surface area contributed by atoms with Gasteiger partial charge in [-0.05, 0) is 6.07 Å². The molecule has 0 spiro atoms. The molecule has 1 aromatic carbocycles. The number of hydrogen-bond donors (Lipinski definition) is 1. The molecule has 0 saturated carbocycles. The predicted molar refractivity (Wildman–Crippen MR) is 79.5 cm³/mol. The van der Waals surface area contributed by atoms with E-state index in [4.69, 9.17) is 13.9 Å². The van der Waals surface area contributed by atoms with Crippen molar-refractivity contribution in [2.75, 3.05) is 25.6 Å². The highest BCUT2D eigenvalue weighted by Gasteiger charge is 2.10. The van der Waals surface area contributed by atoms with Gasteiger partial charge in [-0.25, -0.2) is 0 Å². The van der Waals surface area contributed by atoms with Crippen molar-refractivity contribution >= 4 is 6.01 Å². The average Bonchev–Trinajstić information content (AvgIpc) is 2.96. The number of ether oxygens (including phenoxy) is 2. The summed E-state index contributed by atoms with van der Waals surface area (Å²) in [7, 11) is 1.65. The van der Waals surface area contributed by atoms with Crippen LogP contribution in [0, 0.1) is 0 Å². The first-order valence-electron chi connectivity index (χ1n) is 6.97. The van der Waals surface area contributed by atoms with Crippen LogP contribution in [0.15, 0.2) is 28.7 Å². The van der Waals surface area contributed by atoms with Gasteiger partial charge in [-0.1, -0.05) is 37.1 Å². The van der Waals surface area contributed by atoms with Gasteiger partial charge in [-0.2, -0.15) is 0 Å². The largest absolute Gasteiger partial charge is 0.491 e. The van der Waals surface area contributed by atoms with Crippen molar-refractivity contribution in [3.8, 4) is 5.75 Å². The Bertz CT molecular complexity index is 555. The van der Waals surface area contributed by atoms with Crippen LogP contribution in [0.5, 0.6) is 5.75 Å². The molecule has 0 amide bonds. The summed E-state index contributed by atoms with van der Waals surface area (Å²) in [4.78, 5) is 0. The highest BCUT2D eigenvalue weighted by Crippen LogP contribution is 2.20. The van der Waals surface area contributed by atoms with Gasteiger partial charge in [0.1, 0.15) is 12.4 Å². The number of rotatable bonds is 8. The highest BCUT2D eigenvalue weighted by molar-refractivity contribution is 5.36. The van der Waals surface area contributed by atoms with Gasteiger partial charge in [0, 0.05) is 25.1 Å². The number of nitrogens with zero attached hydrogens (tertiary/aromatic N) is 2. The summed E-state index contributed by atoms with van der Waals surface area (Å²) >= 11 is 0. The van der Waals surface area contributed by atoms with Crippen LogP contribution in [-0.4, -0.2) is 30.5 Å². The minimum atomic E-state index is 0.220. The van der Waals surface area contributed by atoms with Gasteiger partial charge in [-0.3, -0.25) is 0 Å². The van der Waals surface area contributed by atoms with Crippen LogP contribution in [0.4, 0.5) is 6.01 Å². The number of aromatic nitrogens is 2. The number of benzene rings is 1. The normalized spacial score (nSPS) is 10.9. The molecule has 21 heavy (non-hydrogen) atoms. The molecule has 0 bridgehead atoms.